The molecule has 11 aromatic carbocycles. The zero-order valence-corrected chi connectivity index (χ0v) is 45.9. The van der Waals surface area contributed by atoms with Crippen LogP contribution >= 0.6 is 20.1 Å². The smallest absolute Gasteiger partial charge is 0.239 e. The highest BCUT2D eigenvalue weighted by Crippen LogP contribution is 2.78. The van der Waals surface area contributed by atoms with Crippen LogP contribution in [0.2, 0.25) is 0 Å². The first-order chi connectivity index (χ1) is 40.7. The van der Waals surface area contributed by atoms with E-state index in [1.807, 2.05) is 12.1 Å². The summed E-state index contributed by atoms with van der Waals surface area (Å²) in [4.78, 5) is 32.1. The molecule has 0 aliphatic carbocycles. The summed E-state index contributed by atoms with van der Waals surface area (Å²) in [6.45, 7) is 0. The van der Waals surface area contributed by atoms with E-state index in [0.717, 1.165) is 66.9 Å². The molecule has 0 spiro atoms. The Morgan fingerprint density at radius 2 is 0.561 bits per heavy atom. The largest absolute Gasteiger partial charge is 0.276 e. The molecule has 16 rings (SSSR count). The van der Waals surface area contributed by atoms with Crippen LogP contribution in [0.3, 0.4) is 0 Å². The van der Waals surface area contributed by atoms with Crippen LogP contribution < -0.4 is 0 Å². The number of imidazole rings is 4. The first-order valence-corrected chi connectivity index (χ1v) is 30.7. The van der Waals surface area contributed by atoms with Gasteiger partial charge in [-0.1, -0.05) is 158 Å². The quantitative estimate of drug-likeness (QED) is 0.129. The first kappa shape index (κ1) is 47.7. The molecule has 0 radical (unpaired) electrons. The number of nitrogens with zero attached hydrogens (tertiary/aromatic N) is 8. The lowest BCUT2D eigenvalue weighted by atomic mass is 10.1. The number of rotatable bonds is 11. The highest BCUT2D eigenvalue weighted by molar-refractivity contribution is 8.34. The minimum atomic E-state index is -2.29. The number of benzene rings is 11. The van der Waals surface area contributed by atoms with Crippen molar-refractivity contribution in [3.8, 4) is 23.0 Å². The zero-order chi connectivity index (χ0) is 54.2. The Balaban J connectivity index is 1.10. The number of para-hydroxylation sites is 8. The predicted octanol–water partition coefficient (Wildman–Crippen LogP) is 18.3. The Bertz CT molecular complexity index is 4540. The third kappa shape index (κ3) is 7.21. The second kappa shape index (κ2) is 19.2. The zero-order valence-electron chi connectivity index (χ0n) is 44.3. The van der Waals surface area contributed by atoms with Gasteiger partial charge in [-0.2, -0.15) is 4.98 Å². The lowest BCUT2D eigenvalue weighted by Crippen LogP contribution is -2.10. The molecule has 5 heterocycles. The lowest BCUT2D eigenvalue weighted by molar-refractivity contribution is 0.930. The molecule has 0 aliphatic rings. The summed E-state index contributed by atoms with van der Waals surface area (Å²) in [6, 6.07) is 110. The fourth-order valence-corrected chi connectivity index (χ4v) is 20.3. The summed E-state index contributed by atoms with van der Waals surface area (Å²) < 4.78 is 8.84. The normalized spacial score (nSPS) is 12.5. The summed E-state index contributed by atoms with van der Waals surface area (Å²) in [5.41, 5.74) is 9.42. The molecule has 82 heavy (non-hydrogen) atoms. The van der Waals surface area contributed by atoms with E-state index in [1.54, 1.807) is 0 Å². The van der Waals surface area contributed by atoms with E-state index < -0.39 is 20.1 Å². The number of fused-ring (bicyclic) bond motifs is 10. The number of hydrogen-bond donors (Lipinski definition) is 0. The van der Waals surface area contributed by atoms with Crippen LogP contribution in [0, 0.1) is 0 Å². The van der Waals surface area contributed by atoms with Crippen molar-refractivity contribution in [2.24, 2.45) is 0 Å². The van der Waals surface area contributed by atoms with Crippen molar-refractivity contribution in [2.45, 2.75) is 39.2 Å². The average Bonchev–Trinajstić information content (AvgIpc) is 4.37. The first-order valence-electron chi connectivity index (χ1n) is 27.4. The standard InChI is InChI=1S/C72H50N8S2/c1-7-27-52(28-8-1)81(53-29-9-2-10-30-53,54-31-11-3-12-32-54)58-47-51(48-59(49-58)82(55-33-13-4-14-34-55,56-35-15-5-16-36-56)57-37-17-6-18-38-57)62-50-69(79-67-45-25-23-43-65(67)77-63-41-21-19-39-60(63)74-71(77)79)76-70(73-62)80-68-46-26-24-44-66(68)78-64-42-22-20-40-61(64)75-72(78)80/h1-50H. The Morgan fingerprint density at radius 3 is 0.951 bits per heavy atom. The van der Waals surface area contributed by atoms with E-state index in [2.05, 4.69) is 309 Å². The highest BCUT2D eigenvalue weighted by atomic mass is 32.3. The molecule has 0 N–H and O–H groups in total. The maximum absolute atomic E-state index is 5.89. The van der Waals surface area contributed by atoms with E-state index >= 15 is 0 Å². The molecule has 0 atom stereocenters. The second-order valence-electron chi connectivity index (χ2n) is 20.3. The monoisotopic (exact) mass is 1090 g/mol. The van der Waals surface area contributed by atoms with Crippen molar-refractivity contribution in [3.63, 3.8) is 0 Å². The molecular weight excluding hydrogens is 1040 g/mol. The van der Waals surface area contributed by atoms with Gasteiger partial charge in [0.1, 0.15) is 5.82 Å². The predicted molar refractivity (Wildman–Crippen MR) is 334 cm³/mol. The van der Waals surface area contributed by atoms with E-state index in [-0.39, 0.29) is 0 Å². The number of aromatic nitrogens is 8. The minimum absolute atomic E-state index is 0.480. The van der Waals surface area contributed by atoms with Crippen molar-refractivity contribution in [2.75, 3.05) is 0 Å². The third-order valence-corrected chi connectivity index (χ3v) is 23.6. The lowest BCUT2D eigenvalue weighted by Gasteiger charge is -2.45. The van der Waals surface area contributed by atoms with Gasteiger partial charge in [0.25, 0.3) is 0 Å². The molecule has 0 unspecified atom stereocenters. The van der Waals surface area contributed by atoms with Gasteiger partial charge in [0.05, 0.1) is 49.8 Å². The maximum atomic E-state index is 5.89. The molecule has 0 amide bonds. The molecule has 0 bridgehead atoms. The summed E-state index contributed by atoms with van der Waals surface area (Å²) in [5, 5.41) is 0. The van der Waals surface area contributed by atoms with Crippen LogP contribution in [0.25, 0.3) is 78.7 Å². The maximum Gasteiger partial charge on any atom is 0.239 e. The molecular formula is C72H50N8S2. The van der Waals surface area contributed by atoms with Crippen LogP contribution in [0.5, 0.6) is 0 Å². The Morgan fingerprint density at radius 1 is 0.244 bits per heavy atom. The van der Waals surface area contributed by atoms with Crippen molar-refractivity contribution in [1.82, 2.24) is 37.9 Å². The van der Waals surface area contributed by atoms with E-state index in [9.17, 15) is 0 Å². The number of hydrogen-bond acceptors (Lipinski definition) is 4. The second-order valence-corrected chi connectivity index (χ2v) is 26.5. The van der Waals surface area contributed by atoms with Crippen LogP contribution in [0.1, 0.15) is 0 Å². The van der Waals surface area contributed by atoms with Gasteiger partial charge < -0.3 is 0 Å². The van der Waals surface area contributed by atoms with Gasteiger partial charge in [0.2, 0.25) is 17.5 Å². The molecule has 5 aromatic heterocycles. The molecule has 0 saturated heterocycles. The summed E-state index contributed by atoms with van der Waals surface area (Å²) >= 11 is 0. The molecule has 390 valence electrons. The van der Waals surface area contributed by atoms with Gasteiger partial charge in [0, 0.05) is 50.8 Å². The molecule has 10 heteroatoms. The van der Waals surface area contributed by atoms with Gasteiger partial charge in [-0.3, -0.25) is 13.4 Å². The summed E-state index contributed by atoms with van der Waals surface area (Å²) in [6.07, 6.45) is 0. The van der Waals surface area contributed by atoms with Gasteiger partial charge in [-0.15, -0.1) is 20.1 Å². The average molecular weight is 1090 g/mol. The molecule has 0 saturated carbocycles. The minimum Gasteiger partial charge on any atom is -0.276 e. The van der Waals surface area contributed by atoms with Gasteiger partial charge >= 0.3 is 0 Å². The molecule has 16 aromatic rings. The summed E-state index contributed by atoms with van der Waals surface area (Å²) in [7, 11) is -4.58. The molecule has 0 aliphatic heterocycles. The fraction of sp³-hybridized carbons (Fsp3) is 0. The Labute approximate surface area is 476 Å². The van der Waals surface area contributed by atoms with E-state index in [1.165, 1.54) is 39.2 Å². The fourth-order valence-electron chi connectivity index (χ4n) is 12.4. The van der Waals surface area contributed by atoms with Crippen LogP contribution in [-0.2, 0) is 0 Å². The van der Waals surface area contributed by atoms with Crippen LogP contribution in [0.4, 0.5) is 0 Å². The Hall–Kier alpha value is -10.3. The van der Waals surface area contributed by atoms with Crippen molar-refractivity contribution >= 4 is 75.7 Å². The van der Waals surface area contributed by atoms with Gasteiger partial charge in [-0.25, -0.2) is 19.5 Å². The third-order valence-electron chi connectivity index (χ3n) is 15.8. The van der Waals surface area contributed by atoms with Crippen molar-refractivity contribution in [1.29, 1.82) is 0 Å². The van der Waals surface area contributed by atoms with Crippen LogP contribution in [0.15, 0.2) is 342 Å². The van der Waals surface area contributed by atoms with Gasteiger partial charge in [-0.05, 0) is 140 Å². The SMILES string of the molecule is c1ccc(S(c2ccccc2)(c2ccccc2)c2cc(-c3cc(-n4c5ccccc5n5c6ccccc6nc45)nc(-n4c5ccccc5n5c6ccccc6nc45)n3)cc(S(c3ccccc3)(c3ccccc3)c3ccccc3)c2)cc1. The van der Waals surface area contributed by atoms with E-state index in [4.69, 9.17) is 19.9 Å². The molecule has 0 fully saturated rings. The van der Waals surface area contributed by atoms with Crippen molar-refractivity contribution in [3.05, 3.63) is 303 Å². The molecule has 8 nitrogen and oxygen atoms in total. The van der Waals surface area contributed by atoms with E-state index in [0.29, 0.717) is 11.8 Å². The van der Waals surface area contributed by atoms with Crippen molar-refractivity contribution < 1.29 is 0 Å². The topological polar surface area (TPSA) is 70.2 Å². The van der Waals surface area contributed by atoms with Gasteiger partial charge in [0.15, 0.2) is 0 Å². The van der Waals surface area contributed by atoms with Crippen LogP contribution in [-0.4, -0.2) is 37.9 Å². The Kier molecular flexibility index (Phi) is 11.2. The summed E-state index contributed by atoms with van der Waals surface area (Å²) in [5.74, 6) is 2.62. The highest BCUT2D eigenvalue weighted by Gasteiger charge is 2.39.